The number of hydrogen-bond acceptors (Lipinski definition) is 5. The molecule has 1 aromatic heterocycles. The molecule has 1 aromatic rings. The molecule has 0 aliphatic heterocycles. The zero-order chi connectivity index (χ0) is 15.0. The number of aromatic nitrogens is 2. The first-order valence-electron chi connectivity index (χ1n) is 7.40. The van der Waals surface area contributed by atoms with E-state index in [1.807, 2.05) is 20.2 Å². The molecule has 0 bridgehead atoms. The van der Waals surface area contributed by atoms with Gasteiger partial charge < -0.3 is 15.0 Å². The van der Waals surface area contributed by atoms with Crippen LogP contribution in [0.1, 0.15) is 37.9 Å². The average molecular weight is 280 g/mol. The second kappa shape index (κ2) is 8.87. The predicted molar refractivity (Wildman–Crippen MR) is 83.1 cm³/mol. The van der Waals surface area contributed by atoms with Gasteiger partial charge in [-0.1, -0.05) is 13.8 Å². The maximum Gasteiger partial charge on any atom is 0.225 e. The van der Waals surface area contributed by atoms with E-state index in [4.69, 9.17) is 4.74 Å². The van der Waals surface area contributed by atoms with Crippen molar-refractivity contribution in [1.29, 1.82) is 0 Å². The summed E-state index contributed by atoms with van der Waals surface area (Å²) < 4.78 is 5.22. The lowest BCUT2D eigenvalue weighted by molar-refractivity contribution is 0.202. The van der Waals surface area contributed by atoms with Crippen molar-refractivity contribution < 1.29 is 4.74 Å². The molecule has 114 valence electrons. The maximum absolute atomic E-state index is 5.22. The van der Waals surface area contributed by atoms with Gasteiger partial charge in [-0.15, -0.1) is 0 Å². The summed E-state index contributed by atoms with van der Waals surface area (Å²) in [6, 6.07) is 0.458. The van der Waals surface area contributed by atoms with Crippen molar-refractivity contribution in [1.82, 2.24) is 15.3 Å². The molecule has 0 fully saturated rings. The first-order chi connectivity index (χ1) is 9.67. The van der Waals surface area contributed by atoms with Crippen LogP contribution in [0.5, 0.6) is 0 Å². The van der Waals surface area contributed by atoms with Crippen molar-refractivity contribution in [3.8, 4) is 0 Å². The highest BCUT2D eigenvalue weighted by atomic mass is 16.5. The third-order valence-electron chi connectivity index (χ3n) is 3.61. The predicted octanol–water partition coefficient (Wildman–Crippen LogP) is 2.15. The van der Waals surface area contributed by atoms with E-state index >= 15 is 0 Å². The van der Waals surface area contributed by atoms with Gasteiger partial charge in [0.05, 0.1) is 6.61 Å². The lowest BCUT2D eigenvalue weighted by Gasteiger charge is -2.30. The zero-order valence-electron chi connectivity index (χ0n) is 13.4. The van der Waals surface area contributed by atoms with Gasteiger partial charge in [0.25, 0.3) is 0 Å². The van der Waals surface area contributed by atoms with Crippen LogP contribution in [0.15, 0.2) is 6.20 Å². The van der Waals surface area contributed by atoms with Crippen molar-refractivity contribution in [2.24, 2.45) is 0 Å². The minimum atomic E-state index is 0.458. The van der Waals surface area contributed by atoms with Crippen LogP contribution in [0.4, 0.5) is 5.95 Å². The van der Waals surface area contributed by atoms with E-state index in [1.54, 1.807) is 7.11 Å². The van der Waals surface area contributed by atoms with Crippen molar-refractivity contribution in [3.05, 3.63) is 17.5 Å². The monoisotopic (exact) mass is 280 g/mol. The highest BCUT2D eigenvalue weighted by Gasteiger charge is 2.18. The summed E-state index contributed by atoms with van der Waals surface area (Å²) in [6.45, 7) is 8.77. The van der Waals surface area contributed by atoms with Crippen LogP contribution in [0.25, 0.3) is 0 Å². The maximum atomic E-state index is 5.22. The molecule has 0 aliphatic rings. The Bertz CT molecular complexity index is 393. The van der Waals surface area contributed by atoms with E-state index in [0.717, 1.165) is 43.1 Å². The number of rotatable bonds is 9. The number of methoxy groups -OCH3 is 1. The van der Waals surface area contributed by atoms with Gasteiger partial charge in [-0.05, 0) is 26.8 Å². The second-order valence-electron chi connectivity index (χ2n) is 4.97. The van der Waals surface area contributed by atoms with Crippen LogP contribution in [0.3, 0.4) is 0 Å². The van der Waals surface area contributed by atoms with Crippen molar-refractivity contribution in [3.63, 3.8) is 0 Å². The summed E-state index contributed by atoms with van der Waals surface area (Å²) in [7, 11) is 3.66. The SMILES string of the molecule is CCC(CC)N(CCOC)c1ncc(CNC)c(C)n1. The number of nitrogens with one attached hydrogen (secondary N) is 1. The Labute approximate surface area is 122 Å². The van der Waals surface area contributed by atoms with Crippen LogP contribution in [0.2, 0.25) is 0 Å². The molecular weight excluding hydrogens is 252 g/mol. The Hall–Kier alpha value is -1.20. The van der Waals surface area contributed by atoms with E-state index in [2.05, 4.69) is 34.0 Å². The van der Waals surface area contributed by atoms with Crippen molar-refractivity contribution >= 4 is 5.95 Å². The third kappa shape index (κ3) is 4.42. The molecule has 20 heavy (non-hydrogen) atoms. The molecule has 1 rings (SSSR count). The molecule has 0 aromatic carbocycles. The van der Waals surface area contributed by atoms with Gasteiger partial charge in [0.2, 0.25) is 5.95 Å². The molecule has 5 nitrogen and oxygen atoms in total. The van der Waals surface area contributed by atoms with E-state index < -0.39 is 0 Å². The van der Waals surface area contributed by atoms with Crippen molar-refractivity contribution in [2.45, 2.75) is 46.2 Å². The lowest BCUT2D eigenvalue weighted by atomic mass is 10.1. The number of aryl methyl sites for hydroxylation is 1. The van der Waals surface area contributed by atoms with Gasteiger partial charge in [-0.25, -0.2) is 9.97 Å². The van der Waals surface area contributed by atoms with Gasteiger partial charge in [-0.3, -0.25) is 0 Å². The molecule has 1 N–H and O–H groups in total. The largest absolute Gasteiger partial charge is 0.383 e. The lowest BCUT2D eigenvalue weighted by Crippen LogP contribution is -2.38. The molecule has 0 amide bonds. The average Bonchev–Trinajstić information content (AvgIpc) is 2.46. The van der Waals surface area contributed by atoms with Crippen LogP contribution in [-0.2, 0) is 11.3 Å². The highest BCUT2D eigenvalue weighted by molar-refractivity contribution is 5.34. The topological polar surface area (TPSA) is 50.3 Å². The van der Waals surface area contributed by atoms with Crippen molar-refractivity contribution in [2.75, 3.05) is 32.2 Å². The van der Waals surface area contributed by atoms with Gasteiger partial charge in [0.1, 0.15) is 0 Å². The first-order valence-corrected chi connectivity index (χ1v) is 7.40. The summed E-state index contributed by atoms with van der Waals surface area (Å²) in [6.07, 6.45) is 4.10. The van der Waals surface area contributed by atoms with Crippen LogP contribution < -0.4 is 10.2 Å². The number of hydrogen-bond donors (Lipinski definition) is 1. The molecule has 0 radical (unpaired) electrons. The zero-order valence-corrected chi connectivity index (χ0v) is 13.4. The minimum Gasteiger partial charge on any atom is -0.383 e. The standard InChI is InChI=1S/C15H28N4O/c1-6-14(7-2)19(8-9-20-5)15-17-11-13(10-16-4)12(3)18-15/h11,14,16H,6-10H2,1-5H3. The third-order valence-corrected chi connectivity index (χ3v) is 3.61. The second-order valence-corrected chi connectivity index (χ2v) is 4.97. The van der Waals surface area contributed by atoms with Gasteiger partial charge >= 0.3 is 0 Å². The Balaban J connectivity index is 2.97. The molecule has 0 aliphatic carbocycles. The Morgan fingerprint density at radius 3 is 2.55 bits per heavy atom. The van der Waals surface area contributed by atoms with Crippen LogP contribution in [0, 0.1) is 6.92 Å². The normalized spacial score (nSPS) is 11.1. The summed E-state index contributed by atoms with van der Waals surface area (Å²) in [5.41, 5.74) is 2.19. The van der Waals surface area contributed by atoms with Crippen LogP contribution in [-0.4, -0.2) is 43.3 Å². The van der Waals surface area contributed by atoms with Crippen LogP contribution >= 0.6 is 0 Å². The summed E-state index contributed by atoms with van der Waals surface area (Å²) in [4.78, 5) is 11.5. The number of ether oxygens (including phenoxy) is 1. The molecule has 0 atom stereocenters. The Morgan fingerprint density at radius 2 is 2.05 bits per heavy atom. The molecule has 0 unspecified atom stereocenters. The Kier molecular flexibility index (Phi) is 7.47. The smallest absolute Gasteiger partial charge is 0.225 e. The Morgan fingerprint density at radius 1 is 1.35 bits per heavy atom. The molecular formula is C15H28N4O. The fourth-order valence-corrected chi connectivity index (χ4v) is 2.35. The van der Waals surface area contributed by atoms with Gasteiger partial charge in [-0.2, -0.15) is 0 Å². The summed E-state index contributed by atoms with van der Waals surface area (Å²) in [5, 5.41) is 3.14. The molecule has 0 saturated carbocycles. The van der Waals surface area contributed by atoms with Gasteiger partial charge in [0.15, 0.2) is 0 Å². The van der Waals surface area contributed by atoms with E-state index in [9.17, 15) is 0 Å². The van der Waals surface area contributed by atoms with E-state index in [0.29, 0.717) is 12.6 Å². The minimum absolute atomic E-state index is 0.458. The number of nitrogens with zero attached hydrogens (tertiary/aromatic N) is 3. The summed E-state index contributed by atoms with van der Waals surface area (Å²) in [5.74, 6) is 0.813. The molecule has 1 heterocycles. The fraction of sp³-hybridized carbons (Fsp3) is 0.733. The molecule has 0 spiro atoms. The van der Waals surface area contributed by atoms with Gasteiger partial charge in [0, 0.05) is 43.7 Å². The quantitative estimate of drug-likeness (QED) is 0.751. The van der Waals surface area contributed by atoms with E-state index in [1.165, 1.54) is 0 Å². The van der Waals surface area contributed by atoms with E-state index in [-0.39, 0.29) is 0 Å². The highest BCUT2D eigenvalue weighted by Crippen LogP contribution is 2.17. The summed E-state index contributed by atoms with van der Waals surface area (Å²) >= 11 is 0. The number of anilines is 1. The fourth-order valence-electron chi connectivity index (χ4n) is 2.35. The first kappa shape index (κ1) is 16.9. The molecule has 0 saturated heterocycles. The molecule has 5 heteroatoms.